The Bertz CT molecular complexity index is 1930. The third-order valence-corrected chi connectivity index (χ3v) is 7.81. The Kier molecular flexibility index (Phi) is 4.74. The van der Waals surface area contributed by atoms with E-state index in [1.807, 2.05) is 12.1 Å². The third kappa shape index (κ3) is 3.23. The van der Waals surface area contributed by atoms with Gasteiger partial charge in [-0.1, -0.05) is 91.0 Å². The Morgan fingerprint density at radius 2 is 1.61 bits per heavy atom. The zero-order valence-electron chi connectivity index (χ0n) is 20.8. The molecule has 3 aliphatic rings. The van der Waals surface area contributed by atoms with E-state index >= 15 is 0 Å². The van der Waals surface area contributed by atoms with Gasteiger partial charge in [-0.3, -0.25) is 4.57 Å². The van der Waals surface area contributed by atoms with Crippen molar-refractivity contribution >= 4 is 28.3 Å². The number of fused-ring (bicyclic) bond motifs is 6. The molecule has 1 aliphatic heterocycles. The molecule has 1 unspecified atom stereocenters. The predicted molar refractivity (Wildman–Crippen MR) is 152 cm³/mol. The van der Waals surface area contributed by atoms with Crippen molar-refractivity contribution in [3.63, 3.8) is 0 Å². The van der Waals surface area contributed by atoms with Crippen LogP contribution >= 0.6 is 0 Å². The lowest BCUT2D eigenvalue weighted by atomic mass is 9.91. The van der Waals surface area contributed by atoms with Gasteiger partial charge in [0.05, 0.1) is 28.2 Å². The van der Waals surface area contributed by atoms with Crippen molar-refractivity contribution < 1.29 is 4.74 Å². The Hall–Kier alpha value is -4.70. The van der Waals surface area contributed by atoms with Crippen molar-refractivity contribution in [2.75, 3.05) is 0 Å². The highest BCUT2D eigenvalue weighted by atomic mass is 16.5. The second-order valence-electron chi connectivity index (χ2n) is 10.1. The van der Waals surface area contributed by atoms with Crippen LogP contribution in [0.15, 0.2) is 103 Å². The number of allylic oxidation sites excluding steroid dienone is 4. The van der Waals surface area contributed by atoms with Crippen molar-refractivity contribution in [3.8, 4) is 23.0 Å². The lowest BCUT2D eigenvalue weighted by Crippen LogP contribution is -2.35. The Morgan fingerprint density at radius 3 is 2.50 bits per heavy atom. The zero-order valence-corrected chi connectivity index (χ0v) is 20.8. The van der Waals surface area contributed by atoms with Crippen molar-refractivity contribution in [3.05, 3.63) is 125 Å². The molecule has 38 heavy (non-hydrogen) atoms. The molecule has 2 aromatic heterocycles. The molecule has 4 heteroatoms. The number of hydrogen-bond donors (Lipinski definition) is 0. The number of rotatable bonds is 3. The molecule has 182 valence electrons. The topological polar surface area (TPSA) is 39.9 Å². The molecule has 8 rings (SSSR count). The highest BCUT2D eigenvalue weighted by Gasteiger charge is 2.33. The maximum absolute atomic E-state index is 6.53. The second kappa shape index (κ2) is 8.42. The van der Waals surface area contributed by atoms with Crippen LogP contribution in [0.3, 0.4) is 0 Å². The van der Waals surface area contributed by atoms with E-state index in [0.29, 0.717) is 5.95 Å². The van der Waals surface area contributed by atoms with Gasteiger partial charge in [0, 0.05) is 21.7 Å². The van der Waals surface area contributed by atoms with Gasteiger partial charge in [-0.25, -0.2) is 9.97 Å². The third-order valence-electron chi connectivity index (χ3n) is 7.81. The van der Waals surface area contributed by atoms with Gasteiger partial charge in [0.2, 0.25) is 5.95 Å². The van der Waals surface area contributed by atoms with Gasteiger partial charge >= 0.3 is 0 Å². The summed E-state index contributed by atoms with van der Waals surface area (Å²) in [6.07, 6.45) is 12.0. The molecule has 0 spiro atoms. The first-order valence-electron chi connectivity index (χ1n) is 13.3. The van der Waals surface area contributed by atoms with E-state index in [2.05, 4.69) is 102 Å². The van der Waals surface area contributed by atoms with Crippen LogP contribution in [0, 0.1) is 0 Å². The van der Waals surface area contributed by atoms with E-state index in [-0.39, 0.29) is 5.92 Å². The quantitative estimate of drug-likeness (QED) is 0.298. The molecule has 0 radical (unpaired) electrons. The number of para-hydroxylation sites is 2. The molecule has 1 atom stereocenters. The fourth-order valence-electron chi connectivity index (χ4n) is 6.05. The number of nitrogens with zero attached hydrogens (tertiary/aromatic N) is 3. The highest BCUT2D eigenvalue weighted by molar-refractivity contribution is 5.87. The Labute approximate surface area is 220 Å². The summed E-state index contributed by atoms with van der Waals surface area (Å²) in [5.41, 5.74) is 6.45. The van der Waals surface area contributed by atoms with Gasteiger partial charge in [-0.15, -0.1) is 0 Å². The number of hydrogen-bond acceptors (Lipinski definition) is 3. The molecule has 5 aromatic rings. The maximum Gasteiger partial charge on any atom is 0.235 e. The highest BCUT2D eigenvalue weighted by Crippen LogP contribution is 2.44. The van der Waals surface area contributed by atoms with Crippen LogP contribution in [0.25, 0.3) is 45.5 Å². The fourth-order valence-corrected chi connectivity index (χ4v) is 6.05. The van der Waals surface area contributed by atoms with Crippen LogP contribution in [0.1, 0.15) is 36.4 Å². The minimum Gasteiger partial charge on any atom is -0.460 e. The average molecular weight is 492 g/mol. The summed E-state index contributed by atoms with van der Waals surface area (Å²) >= 11 is 0. The molecule has 4 nitrogen and oxygen atoms in total. The van der Waals surface area contributed by atoms with Gasteiger partial charge in [-0.05, 0) is 43.0 Å². The molecule has 0 saturated carbocycles. The predicted octanol–water partition coefficient (Wildman–Crippen LogP) is 6.29. The first kappa shape index (κ1) is 21.4. The number of ether oxygens (including phenoxy) is 1. The van der Waals surface area contributed by atoms with E-state index in [1.54, 1.807) is 0 Å². The fraction of sp³-hybridized carbons (Fsp3) is 0.118. The monoisotopic (exact) mass is 491 g/mol. The van der Waals surface area contributed by atoms with Crippen LogP contribution in [0.2, 0.25) is 0 Å². The van der Waals surface area contributed by atoms with Gasteiger partial charge in [0.25, 0.3) is 0 Å². The maximum atomic E-state index is 6.53. The summed E-state index contributed by atoms with van der Waals surface area (Å²) in [4.78, 5) is 10.3. The smallest absolute Gasteiger partial charge is 0.235 e. The summed E-state index contributed by atoms with van der Waals surface area (Å²) < 4.78 is 8.76. The Balaban J connectivity index is 1.43. The summed E-state index contributed by atoms with van der Waals surface area (Å²) in [5.74, 6) is 2.93. The lowest BCUT2D eigenvalue weighted by Gasteiger charge is -2.14. The summed E-state index contributed by atoms with van der Waals surface area (Å²) in [7, 11) is 0. The van der Waals surface area contributed by atoms with E-state index in [1.165, 1.54) is 10.9 Å². The van der Waals surface area contributed by atoms with Crippen molar-refractivity contribution in [1.29, 1.82) is 0 Å². The van der Waals surface area contributed by atoms with Crippen molar-refractivity contribution in [2.24, 2.45) is 0 Å². The van der Waals surface area contributed by atoms with Crippen LogP contribution in [0.4, 0.5) is 0 Å². The zero-order chi connectivity index (χ0) is 25.1. The van der Waals surface area contributed by atoms with E-state index in [0.717, 1.165) is 69.4 Å². The first-order chi connectivity index (χ1) is 18.8. The summed E-state index contributed by atoms with van der Waals surface area (Å²) in [6, 6.07) is 29.4. The molecule has 3 aromatic carbocycles. The minimum absolute atomic E-state index is 0.239. The molecular formula is C34H25N3O. The number of benzene rings is 3. The lowest BCUT2D eigenvalue weighted by molar-refractivity contribution is 0.509. The molecule has 0 bridgehead atoms. The molecular weight excluding hydrogens is 466 g/mol. The minimum atomic E-state index is 0.239. The van der Waals surface area contributed by atoms with Crippen LogP contribution < -0.4 is 15.3 Å². The first-order valence-corrected chi connectivity index (χ1v) is 13.3. The van der Waals surface area contributed by atoms with Crippen molar-refractivity contribution in [1.82, 2.24) is 14.5 Å². The molecule has 3 heterocycles. The SMILES string of the molecule is C1=CC(c2cc(-c3ccccc3)nc(-n3c4c(c5ccccc53)=C3Oc5ccccc5C3CC=4)n2)=CCC1. The average Bonchev–Trinajstić information content (AvgIpc) is 3.53. The molecule has 0 N–H and O–H groups in total. The van der Waals surface area contributed by atoms with Crippen LogP contribution in [0.5, 0.6) is 5.75 Å². The number of aromatic nitrogens is 3. The van der Waals surface area contributed by atoms with Crippen molar-refractivity contribution in [2.45, 2.75) is 25.2 Å². The van der Waals surface area contributed by atoms with Gasteiger partial charge < -0.3 is 4.74 Å². The van der Waals surface area contributed by atoms with Gasteiger partial charge in [0.1, 0.15) is 11.5 Å². The molecule has 0 amide bonds. The van der Waals surface area contributed by atoms with Gasteiger partial charge in [-0.2, -0.15) is 0 Å². The summed E-state index contributed by atoms with van der Waals surface area (Å²) in [6.45, 7) is 0. The van der Waals surface area contributed by atoms with Crippen LogP contribution in [-0.4, -0.2) is 14.5 Å². The van der Waals surface area contributed by atoms with E-state index in [9.17, 15) is 0 Å². The molecule has 0 saturated heterocycles. The standard InChI is InChI=1S/C34H25N3O/c1-3-11-22(12-4-1)27-21-28(23-13-5-2-6-14-23)36-34(35-27)37-29-17-9-7-16-26(29)32-30(37)20-19-25-24-15-8-10-18-31(24)38-33(25)32/h1,3-5,7-18,20-21,25H,2,6,19H2. The normalized spacial score (nSPS) is 17.3. The largest absolute Gasteiger partial charge is 0.460 e. The van der Waals surface area contributed by atoms with E-state index < -0.39 is 0 Å². The summed E-state index contributed by atoms with van der Waals surface area (Å²) in [5, 5.41) is 3.42. The Morgan fingerprint density at radius 1 is 0.789 bits per heavy atom. The van der Waals surface area contributed by atoms with Gasteiger partial charge in [0.15, 0.2) is 0 Å². The van der Waals surface area contributed by atoms with Crippen LogP contribution in [-0.2, 0) is 0 Å². The van der Waals surface area contributed by atoms with E-state index in [4.69, 9.17) is 14.7 Å². The molecule has 0 fully saturated rings. The second-order valence-corrected chi connectivity index (χ2v) is 10.1. The molecule has 2 aliphatic carbocycles.